The molecular formula is C23H35N3O3. The highest BCUT2D eigenvalue weighted by Gasteiger charge is 2.29. The summed E-state index contributed by atoms with van der Waals surface area (Å²) in [6, 6.07) is 8.53. The average molecular weight is 402 g/mol. The summed E-state index contributed by atoms with van der Waals surface area (Å²) in [7, 11) is 0. The molecule has 0 aromatic heterocycles. The zero-order chi connectivity index (χ0) is 19.9. The number of hydrogen-bond acceptors (Lipinski definition) is 4. The second-order valence-electron chi connectivity index (χ2n) is 8.62. The number of likely N-dealkylation sites (tertiary alicyclic amines) is 2. The van der Waals surface area contributed by atoms with Crippen LogP contribution in [-0.4, -0.2) is 67.4 Å². The fourth-order valence-corrected chi connectivity index (χ4v) is 4.73. The summed E-state index contributed by atoms with van der Waals surface area (Å²) < 4.78 is 11.6. The Morgan fingerprint density at radius 1 is 1.10 bits per heavy atom. The topological polar surface area (TPSA) is 54.0 Å². The standard InChI is InChI=1S/C23H35N3O3/c27-23(26-13-6-9-21(16-26)25-11-2-3-12-25)24-20-8-5-7-19(15-20)17-28-18-22-10-1-4-14-29-22/h5,7-8,15,21-22H,1-4,6,9-14,16-18H2,(H,24,27). The van der Waals surface area contributed by atoms with Gasteiger partial charge in [-0.2, -0.15) is 0 Å². The van der Waals surface area contributed by atoms with Crippen molar-refractivity contribution in [1.29, 1.82) is 0 Å². The Bertz CT molecular complexity index is 657. The van der Waals surface area contributed by atoms with E-state index in [-0.39, 0.29) is 12.1 Å². The van der Waals surface area contributed by atoms with E-state index in [1.54, 1.807) is 0 Å². The second kappa shape index (κ2) is 10.4. The molecule has 3 saturated heterocycles. The Balaban J connectivity index is 1.25. The lowest BCUT2D eigenvalue weighted by atomic mass is 10.0. The number of nitrogens with zero attached hydrogens (tertiary/aromatic N) is 2. The van der Waals surface area contributed by atoms with Crippen LogP contribution in [0.1, 0.15) is 50.5 Å². The Labute approximate surface area is 174 Å². The van der Waals surface area contributed by atoms with Crippen LogP contribution in [0, 0.1) is 0 Å². The zero-order valence-electron chi connectivity index (χ0n) is 17.5. The Morgan fingerprint density at radius 2 is 2.00 bits per heavy atom. The number of benzene rings is 1. The third-order valence-electron chi connectivity index (χ3n) is 6.37. The van der Waals surface area contributed by atoms with Crippen molar-refractivity contribution >= 4 is 11.7 Å². The number of urea groups is 1. The molecule has 2 atom stereocenters. The van der Waals surface area contributed by atoms with Crippen LogP contribution in [0.3, 0.4) is 0 Å². The van der Waals surface area contributed by atoms with Gasteiger partial charge in [-0.05, 0) is 75.7 Å². The van der Waals surface area contributed by atoms with Gasteiger partial charge in [-0.1, -0.05) is 12.1 Å². The van der Waals surface area contributed by atoms with Crippen LogP contribution < -0.4 is 5.32 Å². The second-order valence-corrected chi connectivity index (χ2v) is 8.62. The number of piperidine rings is 1. The van der Waals surface area contributed by atoms with Gasteiger partial charge in [-0.15, -0.1) is 0 Å². The van der Waals surface area contributed by atoms with Crippen LogP contribution in [0.2, 0.25) is 0 Å². The molecule has 3 aliphatic rings. The molecule has 3 aliphatic heterocycles. The van der Waals surface area contributed by atoms with Crippen molar-refractivity contribution < 1.29 is 14.3 Å². The Kier molecular flexibility index (Phi) is 7.41. The molecule has 0 spiro atoms. The minimum absolute atomic E-state index is 0.0163. The molecule has 29 heavy (non-hydrogen) atoms. The number of rotatable bonds is 6. The molecular weight excluding hydrogens is 366 g/mol. The van der Waals surface area contributed by atoms with Crippen molar-refractivity contribution in [2.45, 2.75) is 63.7 Å². The molecule has 3 fully saturated rings. The first kappa shape index (κ1) is 20.6. The summed E-state index contributed by atoms with van der Waals surface area (Å²) >= 11 is 0. The first-order valence-electron chi connectivity index (χ1n) is 11.4. The highest BCUT2D eigenvalue weighted by atomic mass is 16.5. The van der Waals surface area contributed by atoms with Crippen LogP contribution in [0.15, 0.2) is 24.3 Å². The molecule has 0 aliphatic carbocycles. The zero-order valence-corrected chi connectivity index (χ0v) is 17.5. The summed E-state index contributed by atoms with van der Waals surface area (Å²) in [6.45, 7) is 6.11. The van der Waals surface area contributed by atoms with Crippen LogP contribution in [0.4, 0.5) is 10.5 Å². The Morgan fingerprint density at radius 3 is 2.83 bits per heavy atom. The van der Waals surface area contributed by atoms with Crippen molar-refractivity contribution in [2.75, 3.05) is 44.7 Å². The highest BCUT2D eigenvalue weighted by Crippen LogP contribution is 2.21. The quantitative estimate of drug-likeness (QED) is 0.786. The fourth-order valence-electron chi connectivity index (χ4n) is 4.73. The van der Waals surface area contributed by atoms with Crippen LogP contribution in [0.25, 0.3) is 0 Å². The predicted molar refractivity (Wildman–Crippen MR) is 114 cm³/mol. The first-order chi connectivity index (χ1) is 14.3. The molecule has 1 N–H and O–H groups in total. The van der Waals surface area contributed by atoms with Crippen LogP contribution >= 0.6 is 0 Å². The third-order valence-corrected chi connectivity index (χ3v) is 6.37. The molecule has 160 valence electrons. The highest BCUT2D eigenvalue weighted by molar-refractivity contribution is 5.89. The van der Waals surface area contributed by atoms with Gasteiger partial charge < -0.3 is 19.7 Å². The lowest BCUT2D eigenvalue weighted by Crippen LogP contribution is -2.50. The smallest absolute Gasteiger partial charge is 0.321 e. The first-order valence-corrected chi connectivity index (χ1v) is 11.4. The maximum absolute atomic E-state index is 12.8. The van der Waals surface area contributed by atoms with E-state index in [2.05, 4.69) is 10.2 Å². The number of nitrogens with one attached hydrogen (secondary N) is 1. The van der Waals surface area contributed by atoms with E-state index >= 15 is 0 Å². The summed E-state index contributed by atoms with van der Waals surface area (Å²) in [5, 5.41) is 3.09. The minimum Gasteiger partial charge on any atom is -0.376 e. The van der Waals surface area contributed by atoms with Gasteiger partial charge in [-0.25, -0.2) is 4.79 Å². The van der Waals surface area contributed by atoms with Crippen LogP contribution in [0.5, 0.6) is 0 Å². The van der Waals surface area contributed by atoms with E-state index in [9.17, 15) is 4.79 Å². The molecule has 6 nitrogen and oxygen atoms in total. The monoisotopic (exact) mass is 401 g/mol. The van der Waals surface area contributed by atoms with E-state index in [1.807, 2.05) is 29.2 Å². The lowest BCUT2D eigenvalue weighted by molar-refractivity contribution is -0.0447. The summed E-state index contributed by atoms with van der Waals surface area (Å²) in [5.41, 5.74) is 1.92. The number of amides is 2. The number of carbonyl (C=O) groups is 1. The summed E-state index contributed by atoms with van der Waals surface area (Å²) in [6.07, 6.45) is 8.60. The van der Waals surface area contributed by atoms with Gasteiger partial charge >= 0.3 is 6.03 Å². The van der Waals surface area contributed by atoms with Crippen molar-refractivity contribution in [3.8, 4) is 0 Å². The van der Waals surface area contributed by atoms with E-state index in [4.69, 9.17) is 9.47 Å². The van der Waals surface area contributed by atoms with E-state index < -0.39 is 0 Å². The average Bonchev–Trinajstić information content (AvgIpc) is 3.30. The minimum atomic E-state index is 0.0163. The molecule has 0 saturated carbocycles. The van der Waals surface area contributed by atoms with Gasteiger partial charge in [0.2, 0.25) is 0 Å². The maximum Gasteiger partial charge on any atom is 0.321 e. The summed E-state index contributed by atoms with van der Waals surface area (Å²) in [5.74, 6) is 0. The molecule has 1 aromatic rings. The molecule has 0 radical (unpaired) electrons. The van der Waals surface area contributed by atoms with Crippen molar-refractivity contribution in [3.05, 3.63) is 29.8 Å². The van der Waals surface area contributed by atoms with Gasteiger partial charge in [0.25, 0.3) is 0 Å². The fraction of sp³-hybridized carbons (Fsp3) is 0.696. The van der Waals surface area contributed by atoms with Gasteiger partial charge in [0.05, 0.1) is 19.3 Å². The van der Waals surface area contributed by atoms with Crippen LogP contribution in [-0.2, 0) is 16.1 Å². The predicted octanol–water partition coefficient (Wildman–Crippen LogP) is 3.86. The molecule has 2 amide bonds. The molecule has 0 bridgehead atoms. The van der Waals surface area contributed by atoms with E-state index in [0.29, 0.717) is 19.3 Å². The van der Waals surface area contributed by atoms with E-state index in [0.717, 1.165) is 50.2 Å². The number of ether oxygens (including phenoxy) is 2. The van der Waals surface area contributed by atoms with Gasteiger partial charge in [0.1, 0.15) is 0 Å². The van der Waals surface area contributed by atoms with Gasteiger partial charge in [-0.3, -0.25) is 4.90 Å². The maximum atomic E-state index is 12.8. The number of anilines is 1. The number of hydrogen-bond donors (Lipinski definition) is 1. The van der Waals surface area contributed by atoms with Crippen molar-refractivity contribution in [3.63, 3.8) is 0 Å². The van der Waals surface area contributed by atoms with E-state index in [1.165, 1.54) is 38.8 Å². The van der Waals surface area contributed by atoms with Crippen molar-refractivity contribution in [1.82, 2.24) is 9.80 Å². The molecule has 4 rings (SSSR count). The van der Waals surface area contributed by atoms with Crippen molar-refractivity contribution in [2.24, 2.45) is 0 Å². The molecule has 2 unspecified atom stereocenters. The molecule has 3 heterocycles. The Hall–Kier alpha value is -1.63. The summed E-state index contributed by atoms with van der Waals surface area (Å²) in [4.78, 5) is 17.4. The normalized spacial score (nSPS) is 25.9. The number of carbonyl (C=O) groups excluding carboxylic acids is 1. The molecule has 1 aromatic carbocycles. The van der Waals surface area contributed by atoms with Gasteiger partial charge in [0, 0.05) is 31.4 Å². The largest absolute Gasteiger partial charge is 0.376 e. The third kappa shape index (κ3) is 5.93. The molecule has 6 heteroatoms. The SMILES string of the molecule is O=C(Nc1cccc(COCC2CCCCO2)c1)N1CCCC(N2CCCC2)C1. The van der Waals surface area contributed by atoms with Gasteiger partial charge in [0.15, 0.2) is 0 Å². The lowest BCUT2D eigenvalue weighted by Gasteiger charge is -2.37.